The van der Waals surface area contributed by atoms with Gasteiger partial charge in [-0.05, 0) is 17.9 Å². The Kier molecular flexibility index (Phi) is 4.09. The molecule has 3 nitrogen and oxygen atoms in total. The van der Waals surface area contributed by atoms with Crippen LogP contribution in [0.25, 0.3) is 0 Å². The fraction of sp³-hybridized carbons (Fsp3) is 0.364. The molecule has 0 amide bonds. The van der Waals surface area contributed by atoms with Crippen LogP contribution >= 0.6 is 34.5 Å². The van der Waals surface area contributed by atoms with Gasteiger partial charge < -0.3 is 5.73 Å². The summed E-state index contributed by atoms with van der Waals surface area (Å²) in [4.78, 5) is 0.923. The average molecular weight is 290 g/mol. The van der Waals surface area contributed by atoms with E-state index >= 15 is 0 Å². The predicted molar refractivity (Wildman–Crippen MR) is 72.9 cm³/mol. The molecule has 17 heavy (non-hydrogen) atoms. The Labute approximate surface area is 114 Å². The second-order valence-electron chi connectivity index (χ2n) is 3.71. The highest BCUT2D eigenvalue weighted by Gasteiger charge is 2.21. The molecule has 0 saturated heterocycles. The van der Waals surface area contributed by atoms with Gasteiger partial charge in [0.15, 0.2) is 0 Å². The maximum Gasteiger partial charge on any atom is 0.0847 e. The molecule has 0 spiro atoms. The van der Waals surface area contributed by atoms with Gasteiger partial charge in [0.1, 0.15) is 0 Å². The topological polar surface area (TPSA) is 43.8 Å². The fourth-order valence-corrected chi connectivity index (χ4v) is 3.16. The molecule has 0 aliphatic heterocycles. The lowest BCUT2D eigenvalue weighted by Gasteiger charge is -2.13. The lowest BCUT2D eigenvalue weighted by atomic mass is 10.2. The van der Waals surface area contributed by atoms with E-state index in [-0.39, 0.29) is 6.04 Å². The van der Waals surface area contributed by atoms with Gasteiger partial charge in [-0.1, -0.05) is 30.1 Å². The molecule has 2 aromatic heterocycles. The number of aryl methyl sites for hydroxylation is 1. The van der Waals surface area contributed by atoms with Gasteiger partial charge in [0.25, 0.3) is 0 Å². The molecule has 2 aromatic rings. The Morgan fingerprint density at radius 2 is 2.24 bits per heavy atom. The number of nitrogens with two attached hydrogens (primary N) is 1. The molecule has 92 valence electrons. The molecule has 6 heteroatoms. The molecule has 0 aromatic carbocycles. The van der Waals surface area contributed by atoms with Crippen molar-refractivity contribution in [1.29, 1.82) is 0 Å². The first-order chi connectivity index (χ1) is 8.15. The average Bonchev–Trinajstić information content (AvgIpc) is 2.86. The van der Waals surface area contributed by atoms with Crippen molar-refractivity contribution in [3.05, 3.63) is 38.3 Å². The van der Waals surface area contributed by atoms with Crippen LogP contribution in [0.15, 0.2) is 17.6 Å². The van der Waals surface area contributed by atoms with Gasteiger partial charge in [0.05, 0.1) is 28.0 Å². The van der Waals surface area contributed by atoms with E-state index in [1.165, 1.54) is 11.3 Å². The molecule has 2 rings (SSSR count). The van der Waals surface area contributed by atoms with Gasteiger partial charge in [-0.3, -0.25) is 4.68 Å². The number of thiophene rings is 1. The molecule has 0 bridgehead atoms. The van der Waals surface area contributed by atoms with E-state index in [0.717, 1.165) is 23.5 Å². The second-order valence-corrected chi connectivity index (χ2v) is 5.47. The van der Waals surface area contributed by atoms with E-state index in [1.807, 2.05) is 16.1 Å². The Hall–Kier alpha value is -0.550. The third kappa shape index (κ3) is 2.50. The molecule has 2 N–H and O–H groups in total. The zero-order chi connectivity index (χ0) is 12.4. The summed E-state index contributed by atoms with van der Waals surface area (Å²) >= 11 is 13.8. The third-order valence-electron chi connectivity index (χ3n) is 2.49. The number of aromatic nitrogens is 2. The molecule has 2 heterocycles. The smallest absolute Gasteiger partial charge is 0.0847 e. The monoisotopic (exact) mass is 289 g/mol. The number of rotatable bonds is 4. The quantitative estimate of drug-likeness (QED) is 0.932. The van der Waals surface area contributed by atoms with Crippen LogP contribution in [0.5, 0.6) is 0 Å². The molecule has 0 fully saturated rings. The molecular weight excluding hydrogens is 277 g/mol. The van der Waals surface area contributed by atoms with Crippen LogP contribution in [0.2, 0.25) is 10.0 Å². The fourth-order valence-electron chi connectivity index (χ4n) is 1.72. The summed E-state index contributed by atoms with van der Waals surface area (Å²) in [6.07, 6.45) is 2.61. The van der Waals surface area contributed by atoms with E-state index in [4.69, 9.17) is 28.9 Å². The first-order valence-corrected chi connectivity index (χ1v) is 6.98. The van der Waals surface area contributed by atoms with E-state index in [0.29, 0.717) is 10.0 Å². The van der Waals surface area contributed by atoms with Crippen molar-refractivity contribution in [2.24, 2.45) is 5.73 Å². The first kappa shape index (κ1) is 12.9. The van der Waals surface area contributed by atoms with Crippen molar-refractivity contribution in [2.75, 3.05) is 0 Å². The van der Waals surface area contributed by atoms with Crippen LogP contribution in [0.3, 0.4) is 0 Å². The first-order valence-electron chi connectivity index (χ1n) is 5.34. The summed E-state index contributed by atoms with van der Waals surface area (Å²) in [6.45, 7) is 2.89. The van der Waals surface area contributed by atoms with Crippen LogP contribution in [0.4, 0.5) is 0 Å². The van der Waals surface area contributed by atoms with E-state index in [9.17, 15) is 0 Å². The number of halogens is 2. The Morgan fingerprint density at radius 1 is 1.47 bits per heavy atom. The van der Waals surface area contributed by atoms with Gasteiger partial charge in [0, 0.05) is 11.4 Å². The molecule has 0 radical (unpaired) electrons. The Morgan fingerprint density at radius 3 is 2.82 bits per heavy atom. The summed E-state index contributed by atoms with van der Waals surface area (Å²) in [5, 5.41) is 7.43. The molecule has 0 aliphatic carbocycles. The minimum atomic E-state index is -0.316. The van der Waals surface area contributed by atoms with E-state index in [2.05, 4.69) is 12.0 Å². The number of hydrogen-bond acceptors (Lipinski definition) is 3. The van der Waals surface area contributed by atoms with Crippen LogP contribution in [0.1, 0.15) is 30.0 Å². The highest BCUT2D eigenvalue weighted by molar-refractivity contribution is 7.10. The van der Waals surface area contributed by atoms with Crippen molar-refractivity contribution in [3.8, 4) is 0 Å². The molecule has 0 aliphatic rings. The third-order valence-corrected chi connectivity index (χ3v) is 4.22. The van der Waals surface area contributed by atoms with Crippen LogP contribution in [0, 0.1) is 0 Å². The second kappa shape index (κ2) is 5.40. The summed E-state index contributed by atoms with van der Waals surface area (Å²) in [5.74, 6) is 0. The van der Waals surface area contributed by atoms with Gasteiger partial charge in [-0.25, -0.2) is 0 Å². The highest BCUT2D eigenvalue weighted by Crippen LogP contribution is 2.34. The van der Waals surface area contributed by atoms with Gasteiger partial charge in [0.2, 0.25) is 0 Å². The van der Waals surface area contributed by atoms with Crippen LogP contribution in [-0.4, -0.2) is 9.78 Å². The SMILES string of the molecule is CCCn1ncc(Cl)c1C(N)c1sccc1Cl. The largest absolute Gasteiger partial charge is 0.318 e. The number of hydrogen-bond donors (Lipinski definition) is 1. The normalized spacial score (nSPS) is 12.9. The van der Waals surface area contributed by atoms with E-state index in [1.54, 1.807) is 6.20 Å². The van der Waals surface area contributed by atoms with Gasteiger partial charge in [-0.15, -0.1) is 11.3 Å². The lowest BCUT2D eigenvalue weighted by molar-refractivity contribution is 0.561. The van der Waals surface area contributed by atoms with Gasteiger partial charge in [-0.2, -0.15) is 5.10 Å². The molecule has 0 saturated carbocycles. The van der Waals surface area contributed by atoms with Crippen molar-refractivity contribution in [1.82, 2.24) is 9.78 Å². The standard InChI is InChI=1S/C11H13Cl2N3S/c1-2-4-16-10(8(13)6-15-16)9(14)11-7(12)3-5-17-11/h3,5-6,9H,2,4,14H2,1H3. The van der Waals surface area contributed by atoms with Crippen molar-refractivity contribution >= 4 is 34.5 Å². The van der Waals surface area contributed by atoms with Crippen LogP contribution in [-0.2, 0) is 6.54 Å². The lowest BCUT2D eigenvalue weighted by Crippen LogP contribution is -2.17. The van der Waals surface area contributed by atoms with E-state index < -0.39 is 0 Å². The van der Waals surface area contributed by atoms with Crippen molar-refractivity contribution in [3.63, 3.8) is 0 Å². The Balaban J connectivity index is 2.39. The minimum absolute atomic E-state index is 0.316. The zero-order valence-corrected chi connectivity index (χ0v) is 11.7. The summed E-state index contributed by atoms with van der Waals surface area (Å²) in [6, 6.07) is 1.53. The zero-order valence-electron chi connectivity index (χ0n) is 9.36. The summed E-state index contributed by atoms with van der Waals surface area (Å²) < 4.78 is 1.85. The Bertz CT molecular complexity index is 507. The van der Waals surface area contributed by atoms with Crippen molar-refractivity contribution < 1.29 is 0 Å². The molecular formula is C11H13Cl2N3S. The summed E-state index contributed by atoms with van der Waals surface area (Å²) in [7, 11) is 0. The maximum atomic E-state index is 6.22. The van der Waals surface area contributed by atoms with Crippen molar-refractivity contribution in [2.45, 2.75) is 25.9 Å². The molecule has 1 atom stereocenters. The maximum absolute atomic E-state index is 6.22. The summed E-state index contributed by atoms with van der Waals surface area (Å²) in [5.41, 5.74) is 7.05. The van der Waals surface area contributed by atoms with Crippen LogP contribution < -0.4 is 5.73 Å². The predicted octanol–water partition coefficient (Wildman–Crippen LogP) is 3.71. The molecule has 1 unspecified atom stereocenters. The van der Waals surface area contributed by atoms with Gasteiger partial charge >= 0.3 is 0 Å². The highest BCUT2D eigenvalue weighted by atomic mass is 35.5. The number of nitrogens with zero attached hydrogens (tertiary/aromatic N) is 2. The minimum Gasteiger partial charge on any atom is -0.318 e.